The van der Waals surface area contributed by atoms with E-state index in [2.05, 4.69) is 24.9 Å². The molecule has 2 nitrogen and oxygen atoms in total. The molecule has 1 aliphatic heterocycles. The Hall–Kier alpha value is -1.18. The lowest BCUT2D eigenvalue weighted by molar-refractivity contribution is 0.956. The van der Waals surface area contributed by atoms with Crippen molar-refractivity contribution in [1.82, 2.24) is 0 Å². The number of nitrogens with two attached hydrogens (primary N) is 1. The van der Waals surface area contributed by atoms with Gasteiger partial charge in [0.1, 0.15) is 0 Å². The van der Waals surface area contributed by atoms with Crippen LogP contribution in [-0.2, 0) is 6.42 Å². The summed E-state index contributed by atoms with van der Waals surface area (Å²) in [6.07, 6.45) is 1.14. The molecule has 1 aliphatic rings. The lowest BCUT2D eigenvalue weighted by atomic mass is 10.1. The third-order valence-corrected chi connectivity index (χ3v) is 2.46. The number of benzene rings is 1. The van der Waals surface area contributed by atoms with Gasteiger partial charge in [-0.1, -0.05) is 6.07 Å². The number of rotatable bonds is 0. The van der Waals surface area contributed by atoms with E-state index in [1.807, 2.05) is 6.07 Å². The van der Waals surface area contributed by atoms with E-state index >= 15 is 0 Å². The van der Waals surface area contributed by atoms with Gasteiger partial charge in [0.15, 0.2) is 0 Å². The fraction of sp³-hybridized carbons (Fsp3) is 0.400. The molecule has 0 amide bonds. The van der Waals surface area contributed by atoms with Crippen molar-refractivity contribution in [2.75, 3.05) is 24.2 Å². The summed E-state index contributed by atoms with van der Waals surface area (Å²) in [5, 5.41) is 0. The van der Waals surface area contributed by atoms with Gasteiger partial charge < -0.3 is 10.6 Å². The summed E-state index contributed by atoms with van der Waals surface area (Å²) in [6, 6.07) is 4.27. The van der Waals surface area contributed by atoms with Crippen molar-refractivity contribution in [3.8, 4) is 0 Å². The molecular weight excluding hydrogens is 148 g/mol. The first-order valence-corrected chi connectivity index (χ1v) is 4.28. The van der Waals surface area contributed by atoms with Crippen LogP contribution in [0.4, 0.5) is 11.4 Å². The van der Waals surface area contributed by atoms with Gasteiger partial charge in [-0.2, -0.15) is 0 Å². The van der Waals surface area contributed by atoms with Crippen molar-refractivity contribution in [3.05, 3.63) is 23.3 Å². The lowest BCUT2D eigenvalue weighted by Gasteiger charge is -2.14. The van der Waals surface area contributed by atoms with E-state index < -0.39 is 0 Å². The van der Waals surface area contributed by atoms with Crippen LogP contribution in [0.5, 0.6) is 0 Å². The summed E-state index contributed by atoms with van der Waals surface area (Å²) in [5.74, 6) is 0. The summed E-state index contributed by atoms with van der Waals surface area (Å²) in [6.45, 7) is 3.19. The van der Waals surface area contributed by atoms with Crippen LogP contribution in [0.3, 0.4) is 0 Å². The zero-order chi connectivity index (χ0) is 8.72. The minimum Gasteiger partial charge on any atom is -0.397 e. The molecule has 2 N–H and O–H groups in total. The largest absolute Gasteiger partial charge is 0.397 e. The molecule has 64 valence electrons. The molecule has 2 rings (SSSR count). The maximum Gasteiger partial charge on any atom is 0.0630 e. The molecule has 0 saturated heterocycles. The fourth-order valence-electron chi connectivity index (χ4n) is 1.94. The first kappa shape index (κ1) is 7.47. The Labute approximate surface area is 73.0 Å². The van der Waals surface area contributed by atoms with E-state index in [1.54, 1.807) is 0 Å². The minimum absolute atomic E-state index is 0.921. The second-order valence-electron chi connectivity index (χ2n) is 3.53. The molecule has 1 heterocycles. The highest BCUT2D eigenvalue weighted by atomic mass is 15.1. The van der Waals surface area contributed by atoms with Gasteiger partial charge in [0, 0.05) is 13.6 Å². The number of hydrogen-bond donors (Lipinski definition) is 1. The third-order valence-electron chi connectivity index (χ3n) is 2.46. The van der Waals surface area contributed by atoms with Crippen LogP contribution >= 0.6 is 0 Å². The average molecular weight is 162 g/mol. The maximum absolute atomic E-state index is 5.92. The van der Waals surface area contributed by atoms with Gasteiger partial charge in [-0.05, 0) is 30.5 Å². The molecule has 0 bridgehead atoms. The first-order chi connectivity index (χ1) is 5.68. The number of fused-ring (bicyclic) bond motifs is 1. The molecule has 0 unspecified atom stereocenters. The molecule has 0 aliphatic carbocycles. The lowest BCUT2D eigenvalue weighted by Crippen LogP contribution is -2.13. The number of aryl methyl sites for hydroxylation is 1. The molecule has 0 spiro atoms. The highest BCUT2D eigenvalue weighted by Gasteiger charge is 2.18. The van der Waals surface area contributed by atoms with Crippen LogP contribution < -0.4 is 10.6 Å². The van der Waals surface area contributed by atoms with Crippen molar-refractivity contribution in [2.45, 2.75) is 13.3 Å². The molecular formula is C10H14N2. The average Bonchev–Trinajstić information content (AvgIpc) is 2.31. The predicted molar refractivity (Wildman–Crippen MR) is 52.6 cm³/mol. The standard InChI is InChI=1S/C10H14N2/c1-7-5-8-3-4-12(2)10(8)9(11)6-7/h5-6H,3-4,11H2,1-2H3. The number of hydrogen-bond acceptors (Lipinski definition) is 2. The quantitative estimate of drug-likeness (QED) is 0.587. The van der Waals surface area contributed by atoms with E-state index in [0.29, 0.717) is 0 Å². The molecule has 0 saturated carbocycles. The third kappa shape index (κ3) is 0.951. The molecule has 0 fully saturated rings. The summed E-state index contributed by atoms with van der Waals surface area (Å²) < 4.78 is 0. The van der Waals surface area contributed by atoms with Crippen LogP contribution in [0.25, 0.3) is 0 Å². The Bertz CT molecular complexity index is 318. The van der Waals surface area contributed by atoms with Gasteiger partial charge >= 0.3 is 0 Å². The zero-order valence-electron chi connectivity index (χ0n) is 7.59. The van der Waals surface area contributed by atoms with E-state index in [-0.39, 0.29) is 0 Å². The van der Waals surface area contributed by atoms with E-state index in [0.717, 1.165) is 18.7 Å². The number of likely N-dealkylation sites (N-methyl/N-ethyl adjacent to an activating group) is 1. The van der Waals surface area contributed by atoms with Crippen LogP contribution in [0.2, 0.25) is 0 Å². The SMILES string of the molecule is Cc1cc(N)c2c(c1)CCN2C. The van der Waals surface area contributed by atoms with Gasteiger partial charge in [-0.25, -0.2) is 0 Å². The topological polar surface area (TPSA) is 29.3 Å². The summed E-state index contributed by atoms with van der Waals surface area (Å²) in [7, 11) is 2.09. The second kappa shape index (κ2) is 2.41. The molecule has 0 atom stereocenters. The smallest absolute Gasteiger partial charge is 0.0630 e. The summed E-state index contributed by atoms with van der Waals surface area (Å²) in [5.41, 5.74) is 10.7. The van der Waals surface area contributed by atoms with Crippen molar-refractivity contribution in [3.63, 3.8) is 0 Å². The second-order valence-corrected chi connectivity index (χ2v) is 3.53. The van der Waals surface area contributed by atoms with E-state index in [4.69, 9.17) is 5.73 Å². The molecule has 1 aromatic carbocycles. The molecule has 0 aromatic heterocycles. The van der Waals surface area contributed by atoms with Gasteiger partial charge in [-0.3, -0.25) is 0 Å². The Morgan fingerprint density at radius 3 is 2.92 bits per heavy atom. The van der Waals surface area contributed by atoms with E-state index in [1.165, 1.54) is 16.8 Å². The normalized spacial score (nSPS) is 15.0. The number of nitrogen functional groups attached to an aromatic ring is 1. The minimum atomic E-state index is 0.921. The van der Waals surface area contributed by atoms with Crippen molar-refractivity contribution >= 4 is 11.4 Å². The number of nitrogens with zero attached hydrogens (tertiary/aromatic N) is 1. The molecule has 1 aromatic rings. The summed E-state index contributed by atoms with van der Waals surface area (Å²) >= 11 is 0. The van der Waals surface area contributed by atoms with Crippen LogP contribution in [0.15, 0.2) is 12.1 Å². The Morgan fingerprint density at radius 2 is 2.17 bits per heavy atom. The van der Waals surface area contributed by atoms with Gasteiger partial charge in [-0.15, -0.1) is 0 Å². The Balaban J connectivity index is 2.60. The van der Waals surface area contributed by atoms with Gasteiger partial charge in [0.2, 0.25) is 0 Å². The predicted octanol–water partition coefficient (Wildman–Crippen LogP) is 1.57. The van der Waals surface area contributed by atoms with E-state index in [9.17, 15) is 0 Å². The Morgan fingerprint density at radius 1 is 1.42 bits per heavy atom. The van der Waals surface area contributed by atoms with Crippen molar-refractivity contribution in [2.24, 2.45) is 0 Å². The molecule has 0 radical (unpaired) electrons. The number of anilines is 2. The summed E-state index contributed by atoms with van der Waals surface area (Å²) in [4.78, 5) is 2.23. The highest BCUT2D eigenvalue weighted by Crippen LogP contribution is 2.33. The van der Waals surface area contributed by atoms with Gasteiger partial charge in [0.05, 0.1) is 11.4 Å². The first-order valence-electron chi connectivity index (χ1n) is 4.28. The van der Waals surface area contributed by atoms with Gasteiger partial charge in [0.25, 0.3) is 0 Å². The molecule has 2 heteroatoms. The van der Waals surface area contributed by atoms with Crippen LogP contribution in [-0.4, -0.2) is 13.6 Å². The molecule has 12 heavy (non-hydrogen) atoms. The highest BCUT2D eigenvalue weighted by molar-refractivity contribution is 5.74. The zero-order valence-corrected chi connectivity index (χ0v) is 7.59. The van der Waals surface area contributed by atoms with Crippen molar-refractivity contribution in [1.29, 1.82) is 0 Å². The van der Waals surface area contributed by atoms with Crippen LogP contribution in [0.1, 0.15) is 11.1 Å². The maximum atomic E-state index is 5.92. The van der Waals surface area contributed by atoms with Crippen LogP contribution in [0, 0.1) is 6.92 Å². The van der Waals surface area contributed by atoms with Crippen molar-refractivity contribution < 1.29 is 0 Å². The fourth-order valence-corrected chi connectivity index (χ4v) is 1.94. The Kier molecular flexibility index (Phi) is 1.50. The monoisotopic (exact) mass is 162 g/mol.